The van der Waals surface area contributed by atoms with E-state index in [1.165, 1.54) is 10.4 Å². The summed E-state index contributed by atoms with van der Waals surface area (Å²) < 4.78 is 11.2. The van der Waals surface area contributed by atoms with Crippen LogP contribution >= 0.6 is 0 Å². The summed E-state index contributed by atoms with van der Waals surface area (Å²) in [5, 5.41) is 15.7. The second kappa shape index (κ2) is 10.5. The maximum atomic E-state index is 13.1. The molecule has 8 nitrogen and oxygen atoms in total. The minimum Gasteiger partial charge on any atom is -0.493 e. The van der Waals surface area contributed by atoms with Crippen molar-refractivity contribution in [1.29, 1.82) is 0 Å². The molecular formula is C25H31N5O3. The molecular weight excluding hydrogens is 418 g/mol. The number of hydrogen-bond donors (Lipinski definition) is 1. The zero-order valence-electron chi connectivity index (χ0n) is 19.5. The lowest BCUT2D eigenvalue weighted by Gasteiger charge is -2.33. The Balaban J connectivity index is 1.48. The molecule has 1 N–H and O–H groups in total. The van der Waals surface area contributed by atoms with Crippen molar-refractivity contribution in [2.45, 2.75) is 58.0 Å². The lowest BCUT2D eigenvalue weighted by atomic mass is 9.79. The predicted molar refractivity (Wildman–Crippen MR) is 126 cm³/mol. The van der Waals surface area contributed by atoms with Crippen molar-refractivity contribution < 1.29 is 14.3 Å². The molecule has 0 radical (unpaired) electrons. The van der Waals surface area contributed by atoms with Gasteiger partial charge in [-0.1, -0.05) is 31.0 Å². The average Bonchev–Trinajstić information content (AvgIpc) is 3.34. The van der Waals surface area contributed by atoms with Crippen molar-refractivity contribution >= 4 is 5.91 Å². The molecule has 2 atom stereocenters. The summed E-state index contributed by atoms with van der Waals surface area (Å²) >= 11 is 0. The second-order valence-corrected chi connectivity index (χ2v) is 8.19. The minimum absolute atomic E-state index is 0.0674. The molecule has 2 unspecified atom stereocenters. The number of nitrogens with one attached hydrogen (secondary N) is 1. The van der Waals surface area contributed by atoms with Gasteiger partial charge < -0.3 is 14.8 Å². The lowest BCUT2D eigenvalue weighted by Crippen LogP contribution is -2.41. The maximum Gasteiger partial charge on any atom is 0.251 e. The number of aromatic nitrogens is 4. The van der Waals surface area contributed by atoms with Crippen molar-refractivity contribution in [2.75, 3.05) is 13.7 Å². The van der Waals surface area contributed by atoms with Gasteiger partial charge in [0.25, 0.3) is 5.91 Å². The highest BCUT2D eigenvalue weighted by molar-refractivity contribution is 5.94. The van der Waals surface area contributed by atoms with Gasteiger partial charge in [0.05, 0.1) is 20.3 Å². The summed E-state index contributed by atoms with van der Waals surface area (Å²) in [7, 11) is 1.65. The number of benzene rings is 2. The maximum absolute atomic E-state index is 13.1. The molecule has 0 spiro atoms. The van der Waals surface area contributed by atoms with E-state index in [1.54, 1.807) is 7.11 Å². The van der Waals surface area contributed by atoms with Crippen molar-refractivity contribution in [2.24, 2.45) is 0 Å². The van der Waals surface area contributed by atoms with Gasteiger partial charge in [-0.25, -0.2) is 0 Å². The quantitative estimate of drug-likeness (QED) is 0.554. The monoisotopic (exact) mass is 449 g/mol. The van der Waals surface area contributed by atoms with Gasteiger partial charge in [-0.2, -0.15) is 4.80 Å². The normalized spacial score (nSPS) is 18.0. The Morgan fingerprint density at radius 3 is 2.58 bits per heavy atom. The van der Waals surface area contributed by atoms with Crippen LogP contribution in [-0.2, 0) is 6.54 Å². The Kier molecular flexibility index (Phi) is 7.22. The summed E-state index contributed by atoms with van der Waals surface area (Å²) in [6.07, 6.45) is 4.23. The van der Waals surface area contributed by atoms with Crippen LogP contribution in [0.15, 0.2) is 42.5 Å². The fraction of sp³-hybridized carbons (Fsp3) is 0.440. The van der Waals surface area contributed by atoms with E-state index in [0.717, 1.165) is 42.7 Å². The van der Waals surface area contributed by atoms with Crippen LogP contribution in [0.5, 0.6) is 11.5 Å². The van der Waals surface area contributed by atoms with Crippen molar-refractivity contribution in [3.8, 4) is 22.9 Å². The highest BCUT2D eigenvalue weighted by Crippen LogP contribution is 2.37. The number of tetrazole rings is 1. The summed E-state index contributed by atoms with van der Waals surface area (Å²) in [6.45, 7) is 5.16. The third kappa shape index (κ3) is 5.16. The Morgan fingerprint density at radius 1 is 1.09 bits per heavy atom. The van der Waals surface area contributed by atoms with E-state index >= 15 is 0 Å². The van der Waals surface area contributed by atoms with Gasteiger partial charge >= 0.3 is 0 Å². The topological polar surface area (TPSA) is 91.2 Å². The molecule has 1 saturated carbocycles. The molecule has 0 aliphatic heterocycles. The van der Waals surface area contributed by atoms with E-state index in [4.69, 9.17) is 9.47 Å². The van der Waals surface area contributed by atoms with Gasteiger partial charge in [-0.3, -0.25) is 4.79 Å². The summed E-state index contributed by atoms with van der Waals surface area (Å²) in [5.41, 5.74) is 2.63. The number of methoxy groups -OCH3 is 1. The number of ether oxygens (including phenoxy) is 2. The van der Waals surface area contributed by atoms with Gasteiger partial charge in [0.1, 0.15) is 0 Å². The van der Waals surface area contributed by atoms with Gasteiger partial charge in [-0.05, 0) is 61.7 Å². The van der Waals surface area contributed by atoms with Crippen molar-refractivity contribution in [1.82, 2.24) is 25.5 Å². The number of aryl methyl sites for hydroxylation is 1. The highest BCUT2D eigenvalue weighted by atomic mass is 16.5. The molecule has 174 valence electrons. The van der Waals surface area contributed by atoms with Crippen LogP contribution in [0.3, 0.4) is 0 Å². The Bertz CT molecular complexity index is 1080. The second-order valence-electron chi connectivity index (χ2n) is 8.19. The van der Waals surface area contributed by atoms with Gasteiger partial charge in [0, 0.05) is 23.1 Å². The first-order chi connectivity index (χ1) is 16.1. The number of amides is 1. The van der Waals surface area contributed by atoms with E-state index in [9.17, 15) is 4.79 Å². The fourth-order valence-electron chi connectivity index (χ4n) is 4.41. The highest BCUT2D eigenvalue weighted by Gasteiger charge is 2.29. The number of hydrogen-bond acceptors (Lipinski definition) is 6. The molecule has 1 aliphatic carbocycles. The number of carbonyl (C=O) groups excluding carboxylic acids is 1. The molecule has 1 heterocycles. The number of carbonyl (C=O) groups is 1. The predicted octanol–water partition coefficient (Wildman–Crippen LogP) is 4.22. The smallest absolute Gasteiger partial charge is 0.251 e. The van der Waals surface area contributed by atoms with Gasteiger partial charge in [0.2, 0.25) is 5.82 Å². The lowest BCUT2D eigenvalue weighted by molar-refractivity contribution is 0.0920. The summed E-state index contributed by atoms with van der Waals surface area (Å²) in [6, 6.07) is 13.5. The third-order valence-electron chi connectivity index (χ3n) is 6.14. The first-order valence-electron chi connectivity index (χ1n) is 11.6. The molecule has 3 aromatic rings. The van der Waals surface area contributed by atoms with Crippen LogP contribution in [0.2, 0.25) is 0 Å². The molecule has 2 aromatic carbocycles. The zero-order valence-corrected chi connectivity index (χ0v) is 19.5. The van der Waals surface area contributed by atoms with Crippen LogP contribution in [0.1, 0.15) is 61.4 Å². The molecule has 8 heteroatoms. The Labute approximate surface area is 194 Å². The molecule has 1 aromatic heterocycles. The first-order valence-corrected chi connectivity index (χ1v) is 11.6. The van der Waals surface area contributed by atoms with Crippen LogP contribution < -0.4 is 14.8 Å². The average molecular weight is 450 g/mol. The number of rotatable bonds is 8. The fourth-order valence-corrected chi connectivity index (χ4v) is 4.41. The minimum atomic E-state index is -0.0674. The summed E-state index contributed by atoms with van der Waals surface area (Å²) in [5.74, 6) is 2.20. The van der Waals surface area contributed by atoms with Crippen molar-refractivity contribution in [3.05, 3.63) is 53.6 Å². The van der Waals surface area contributed by atoms with Gasteiger partial charge in [-0.15, -0.1) is 10.2 Å². The van der Waals surface area contributed by atoms with E-state index < -0.39 is 0 Å². The van der Waals surface area contributed by atoms with E-state index in [-0.39, 0.29) is 17.9 Å². The SMILES string of the molecule is CCOc1cc(C2CCCCC2NC(=O)c2ccc(-c3nnn(CC)n3)cc2)ccc1OC. The van der Waals surface area contributed by atoms with Crippen LogP contribution in [-0.4, -0.2) is 45.9 Å². The number of nitrogens with zero attached hydrogens (tertiary/aromatic N) is 4. The third-order valence-corrected chi connectivity index (χ3v) is 6.14. The van der Waals surface area contributed by atoms with E-state index in [0.29, 0.717) is 24.5 Å². The van der Waals surface area contributed by atoms with Crippen LogP contribution in [0, 0.1) is 0 Å². The molecule has 0 saturated heterocycles. The molecule has 0 bridgehead atoms. The van der Waals surface area contributed by atoms with Crippen molar-refractivity contribution in [3.63, 3.8) is 0 Å². The molecule has 1 aliphatic rings. The standard InChI is InChI=1S/C25H31N5O3/c1-4-30-28-24(27-29-30)17-10-12-18(13-11-17)25(31)26-21-9-7-6-8-20(21)19-14-15-22(32-3)23(16-19)33-5-2/h10-16,20-21H,4-9H2,1-3H3,(H,26,31). The largest absolute Gasteiger partial charge is 0.493 e. The molecule has 1 amide bonds. The Hall–Kier alpha value is -3.42. The molecule has 1 fully saturated rings. The van der Waals surface area contributed by atoms with E-state index in [2.05, 4.69) is 32.9 Å². The van der Waals surface area contributed by atoms with Crippen LogP contribution in [0.25, 0.3) is 11.4 Å². The molecule has 4 rings (SSSR count). The summed E-state index contributed by atoms with van der Waals surface area (Å²) in [4.78, 5) is 14.6. The molecule has 33 heavy (non-hydrogen) atoms. The first kappa shape index (κ1) is 22.8. The van der Waals surface area contributed by atoms with E-state index in [1.807, 2.05) is 44.2 Å². The zero-order chi connectivity index (χ0) is 23.2. The van der Waals surface area contributed by atoms with Crippen LogP contribution in [0.4, 0.5) is 0 Å². The Morgan fingerprint density at radius 2 is 1.88 bits per heavy atom. The van der Waals surface area contributed by atoms with Gasteiger partial charge in [0.15, 0.2) is 11.5 Å².